The van der Waals surface area contributed by atoms with Crippen LogP contribution in [0.2, 0.25) is 5.02 Å². The van der Waals surface area contributed by atoms with Gasteiger partial charge >= 0.3 is 0 Å². The van der Waals surface area contributed by atoms with Crippen LogP contribution >= 0.6 is 11.6 Å². The summed E-state index contributed by atoms with van der Waals surface area (Å²) < 4.78 is 11.4. The topological polar surface area (TPSA) is 72.9 Å². The lowest BCUT2D eigenvalue weighted by molar-refractivity contribution is -0.127. The third kappa shape index (κ3) is 3.45. The molecule has 40 heavy (non-hydrogen) atoms. The first kappa shape index (κ1) is 26.3. The van der Waals surface area contributed by atoms with Crippen LogP contribution < -0.4 is 14.4 Å². The van der Waals surface area contributed by atoms with Crippen molar-refractivity contribution in [1.29, 1.82) is 0 Å². The van der Waals surface area contributed by atoms with E-state index in [1.165, 1.54) is 0 Å². The monoisotopic (exact) mass is 555 g/mol. The number of rotatable bonds is 4. The maximum atomic E-state index is 14.7. The summed E-state index contributed by atoms with van der Waals surface area (Å²) in [4.78, 5) is 46.0. The Morgan fingerprint density at radius 1 is 0.925 bits per heavy atom. The predicted octanol–water partition coefficient (Wildman–Crippen LogP) is 6.41. The van der Waals surface area contributed by atoms with Gasteiger partial charge in [-0.15, -0.1) is 0 Å². The van der Waals surface area contributed by atoms with Gasteiger partial charge in [-0.2, -0.15) is 0 Å². The Labute approximate surface area is 238 Å². The molecular weight excluding hydrogens is 526 g/mol. The van der Waals surface area contributed by atoms with Crippen molar-refractivity contribution in [2.45, 2.75) is 38.8 Å². The van der Waals surface area contributed by atoms with E-state index in [0.29, 0.717) is 33.2 Å². The number of hydrogen-bond acceptors (Lipinski definition) is 6. The number of anilines is 1. The zero-order chi connectivity index (χ0) is 28.6. The molecule has 0 bridgehead atoms. The Kier molecular flexibility index (Phi) is 5.97. The lowest BCUT2D eigenvalue weighted by Gasteiger charge is -2.38. The number of methoxy groups -OCH3 is 2. The molecule has 6 nitrogen and oxygen atoms in total. The van der Waals surface area contributed by atoms with Crippen LogP contribution in [0.1, 0.15) is 58.5 Å². The van der Waals surface area contributed by atoms with E-state index in [4.69, 9.17) is 21.1 Å². The molecule has 0 N–H and O–H groups in total. The molecule has 204 valence electrons. The summed E-state index contributed by atoms with van der Waals surface area (Å²) in [5.41, 5.74) is 0.507. The Bertz CT molecular complexity index is 1580. The molecule has 1 aliphatic carbocycles. The molecule has 3 aromatic carbocycles. The summed E-state index contributed by atoms with van der Waals surface area (Å²) in [6, 6.07) is 16.2. The van der Waals surface area contributed by atoms with Gasteiger partial charge in [0.15, 0.2) is 17.3 Å². The maximum absolute atomic E-state index is 14.7. The van der Waals surface area contributed by atoms with E-state index >= 15 is 0 Å². The third-order valence-electron chi connectivity index (χ3n) is 8.55. The molecule has 1 spiro atoms. The predicted molar refractivity (Wildman–Crippen MR) is 155 cm³/mol. The highest BCUT2D eigenvalue weighted by molar-refractivity contribution is 6.32. The smallest absolute Gasteiger partial charge is 0.180 e. The number of ether oxygens (including phenoxy) is 2. The number of carbonyl (C=O) groups is 3. The first-order valence-corrected chi connectivity index (χ1v) is 13.6. The molecule has 0 aromatic heterocycles. The van der Waals surface area contributed by atoms with Crippen molar-refractivity contribution in [1.82, 2.24) is 0 Å². The largest absolute Gasteiger partial charge is 0.497 e. The van der Waals surface area contributed by atoms with Gasteiger partial charge in [0.05, 0.1) is 26.3 Å². The van der Waals surface area contributed by atoms with Gasteiger partial charge in [0.1, 0.15) is 16.9 Å². The molecule has 3 aliphatic rings. The zero-order valence-electron chi connectivity index (χ0n) is 23.0. The molecule has 1 fully saturated rings. The standard InChI is InChI=1S/C33H30ClNO5/c1-32(2,3)31(38)28-27(23-17-20(39-4)12-14-25(23)40-5)33(29(36)21-8-6-7-9-22(21)30(33)37)26-15-10-18-16-19(34)11-13-24(18)35(26)28/h6-17,26-28H,1-5H3. The fourth-order valence-corrected chi connectivity index (χ4v) is 7.00. The fraction of sp³-hybridized carbons (Fsp3) is 0.303. The van der Waals surface area contributed by atoms with Crippen LogP contribution in [0.3, 0.4) is 0 Å². The minimum Gasteiger partial charge on any atom is -0.497 e. The number of halogens is 1. The highest BCUT2D eigenvalue weighted by Gasteiger charge is 2.72. The van der Waals surface area contributed by atoms with Crippen molar-refractivity contribution < 1.29 is 23.9 Å². The third-order valence-corrected chi connectivity index (χ3v) is 8.78. The summed E-state index contributed by atoms with van der Waals surface area (Å²) in [5, 5.41) is 0.556. The lowest BCUT2D eigenvalue weighted by atomic mass is 9.63. The summed E-state index contributed by atoms with van der Waals surface area (Å²) in [5.74, 6) is -0.511. The van der Waals surface area contributed by atoms with E-state index in [1.54, 1.807) is 62.8 Å². The van der Waals surface area contributed by atoms with E-state index in [-0.39, 0.29) is 17.3 Å². The number of Topliss-reactive ketones (excluding diaryl/α,β-unsaturated/α-hetero) is 3. The minimum absolute atomic E-state index is 0.0861. The Morgan fingerprint density at radius 3 is 2.20 bits per heavy atom. The van der Waals surface area contributed by atoms with E-state index < -0.39 is 28.8 Å². The van der Waals surface area contributed by atoms with E-state index in [9.17, 15) is 14.4 Å². The number of carbonyl (C=O) groups excluding carboxylic acids is 3. The fourth-order valence-electron chi connectivity index (χ4n) is 6.82. The highest BCUT2D eigenvalue weighted by Crippen LogP contribution is 2.62. The summed E-state index contributed by atoms with van der Waals surface area (Å²) >= 11 is 6.36. The van der Waals surface area contributed by atoms with E-state index in [1.807, 2.05) is 50.0 Å². The molecule has 6 rings (SSSR count). The van der Waals surface area contributed by atoms with Gasteiger partial charge in [-0.05, 0) is 42.0 Å². The number of nitrogens with zero attached hydrogens (tertiary/aromatic N) is 1. The van der Waals surface area contributed by atoms with Gasteiger partial charge in [0.2, 0.25) is 0 Å². The average Bonchev–Trinajstić information content (AvgIpc) is 3.37. The van der Waals surface area contributed by atoms with Crippen molar-refractivity contribution >= 4 is 40.7 Å². The van der Waals surface area contributed by atoms with Crippen LogP contribution in [0.25, 0.3) is 6.08 Å². The van der Waals surface area contributed by atoms with Crippen molar-refractivity contribution in [3.63, 3.8) is 0 Å². The van der Waals surface area contributed by atoms with E-state index in [2.05, 4.69) is 0 Å². The number of ketones is 3. The number of benzene rings is 3. The highest BCUT2D eigenvalue weighted by atomic mass is 35.5. The first-order chi connectivity index (χ1) is 19.0. The molecule has 0 saturated carbocycles. The molecule has 2 aliphatic heterocycles. The zero-order valence-corrected chi connectivity index (χ0v) is 23.8. The Balaban J connectivity index is 1.74. The molecule has 3 aromatic rings. The van der Waals surface area contributed by atoms with Gasteiger partial charge in [-0.25, -0.2) is 0 Å². The van der Waals surface area contributed by atoms with Crippen LogP contribution in [-0.2, 0) is 4.79 Å². The van der Waals surface area contributed by atoms with E-state index in [0.717, 1.165) is 11.3 Å². The van der Waals surface area contributed by atoms with Crippen molar-refractivity contribution in [2.24, 2.45) is 10.8 Å². The summed E-state index contributed by atoms with van der Waals surface area (Å²) in [6.07, 6.45) is 3.79. The second-order valence-corrected chi connectivity index (χ2v) is 12.1. The molecule has 7 heteroatoms. The molecule has 3 atom stereocenters. The Morgan fingerprint density at radius 2 is 1.60 bits per heavy atom. The van der Waals surface area contributed by atoms with Crippen LogP contribution in [-0.4, -0.2) is 43.7 Å². The van der Waals surface area contributed by atoms with Gasteiger partial charge < -0.3 is 14.4 Å². The SMILES string of the molecule is COc1ccc(OC)c(C2C(C(=O)C(C)(C)C)N3c4ccc(Cl)cc4C=CC3C23C(=O)c2ccccc2C3=O)c1. The second kappa shape index (κ2) is 9.07. The Hall–Kier alpha value is -3.90. The molecular formula is C33H30ClNO5. The van der Waals surface area contributed by atoms with Crippen molar-refractivity contribution in [2.75, 3.05) is 19.1 Å². The van der Waals surface area contributed by atoms with Crippen LogP contribution in [0, 0.1) is 10.8 Å². The second-order valence-electron chi connectivity index (χ2n) is 11.6. The average molecular weight is 556 g/mol. The van der Waals surface area contributed by atoms with Crippen LogP contribution in [0.4, 0.5) is 5.69 Å². The number of fused-ring (bicyclic) bond motifs is 5. The van der Waals surface area contributed by atoms with Crippen LogP contribution in [0.5, 0.6) is 11.5 Å². The van der Waals surface area contributed by atoms with Gasteiger partial charge in [0, 0.05) is 38.7 Å². The van der Waals surface area contributed by atoms with Gasteiger partial charge in [0.25, 0.3) is 0 Å². The van der Waals surface area contributed by atoms with Crippen LogP contribution in [0.15, 0.2) is 66.7 Å². The summed E-state index contributed by atoms with van der Waals surface area (Å²) in [6.45, 7) is 5.60. The molecule has 3 unspecified atom stereocenters. The van der Waals surface area contributed by atoms with Gasteiger partial charge in [-0.1, -0.05) is 68.8 Å². The first-order valence-electron chi connectivity index (χ1n) is 13.3. The molecule has 0 amide bonds. The molecule has 0 radical (unpaired) electrons. The van der Waals surface area contributed by atoms with Crippen molar-refractivity contribution in [3.8, 4) is 11.5 Å². The maximum Gasteiger partial charge on any atom is 0.180 e. The summed E-state index contributed by atoms with van der Waals surface area (Å²) in [7, 11) is 3.10. The van der Waals surface area contributed by atoms with Gasteiger partial charge in [-0.3, -0.25) is 14.4 Å². The number of hydrogen-bond donors (Lipinski definition) is 0. The van der Waals surface area contributed by atoms with Crippen molar-refractivity contribution in [3.05, 3.63) is 94.0 Å². The lowest BCUT2D eigenvalue weighted by Crippen LogP contribution is -2.49. The quantitative estimate of drug-likeness (QED) is 0.347. The normalized spacial score (nSPS) is 22.2. The molecule has 1 saturated heterocycles. The molecule has 2 heterocycles. The minimum atomic E-state index is -1.61.